The molecule has 4 heteroatoms. The third-order valence-corrected chi connectivity index (χ3v) is 1.36. The summed E-state index contributed by atoms with van der Waals surface area (Å²) in [5.41, 5.74) is 0. The van der Waals surface area contributed by atoms with E-state index in [0.717, 1.165) is 6.42 Å². The molecule has 0 atom stereocenters. The molecule has 0 fully saturated rings. The Hall–Kier alpha value is 0.194. The van der Waals surface area contributed by atoms with E-state index in [2.05, 4.69) is 39.0 Å². The van der Waals surface area contributed by atoms with Gasteiger partial charge in [-0.25, -0.2) is 0 Å². The fourth-order valence-corrected chi connectivity index (χ4v) is 0.746. The number of hydrogen-bond acceptors (Lipinski definition) is 0. The van der Waals surface area contributed by atoms with Crippen LogP contribution in [0.4, 0.5) is 0 Å². The van der Waals surface area contributed by atoms with Crippen LogP contribution in [0.25, 0.3) is 0 Å². The summed E-state index contributed by atoms with van der Waals surface area (Å²) in [5.74, 6) is 0. The molecular weight excluding hydrogens is 171 g/mol. The summed E-state index contributed by atoms with van der Waals surface area (Å²) in [4.78, 5) is 0. The van der Waals surface area contributed by atoms with Crippen molar-refractivity contribution in [1.29, 1.82) is 0 Å². The largest absolute Gasteiger partial charge is 0.0881 e. The molecular formula is C7H15B3Mn. The predicted octanol–water partition coefficient (Wildman–Crippen LogP) is 0.261. The van der Waals surface area contributed by atoms with Crippen LogP contribution in [-0.4, -0.2) is 22.0 Å². The monoisotopic (exact) mass is 187 g/mol. The standard InChI is InChI=1S/C5H6.C2H9B3.Mn/c1-2-4-5-3-1;1-2-4-5-3;/h1-4H,5H2;4-5H,2-3H2,1H3;. The van der Waals surface area contributed by atoms with Crippen molar-refractivity contribution in [1.82, 2.24) is 0 Å². The Bertz CT molecular complexity index is 100. The number of hydrogen-bond donors (Lipinski definition) is 0. The maximum Gasteiger partial charge on any atom is 0.0776 e. The van der Waals surface area contributed by atoms with E-state index in [-0.39, 0.29) is 17.1 Å². The van der Waals surface area contributed by atoms with E-state index in [1.807, 2.05) is 0 Å². The quantitative estimate of drug-likeness (QED) is 0.543. The van der Waals surface area contributed by atoms with Crippen molar-refractivity contribution in [2.45, 2.75) is 19.7 Å². The van der Waals surface area contributed by atoms with Gasteiger partial charge in [0.05, 0.1) is 22.0 Å². The minimum Gasteiger partial charge on any atom is -0.0881 e. The van der Waals surface area contributed by atoms with Crippen LogP contribution in [0.5, 0.6) is 0 Å². The Kier molecular flexibility index (Phi) is 16.1. The molecule has 0 aromatic rings. The van der Waals surface area contributed by atoms with Crippen LogP contribution in [0.3, 0.4) is 0 Å². The van der Waals surface area contributed by atoms with Gasteiger partial charge in [0, 0.05) is 17.1 Å². The van der Waals surface area contributed by atoms with Crippen LogP contribution in [-0.2, 0) is 17.1 Å². The van der Waals surface area contributed by atoms with E-state index in [4.69, 9.17) is 0 Å². The molecule has 0 nitrogen and oxygen atoms in total. The van der Waals surface area contributed by atoms with Crippen molar-refractivity contribution in [2.24, 2.45) is 0 Å². The zero-order chi connectivity index (χ0) is 7.66. The van der Waals surface area contributed by atoms with Gasteiger partial charge in [0.25, 0.3) is 0 Å². The summed E-state index contributed by atoms with van der Waals surface area (Å²) in [6.07, 6.45) is 10.8. The maximum atomic E-state index is 2.21. The first kappa shape index (κ1) is 13.8. The fourth-order valence-electron chi connectivity index (χ4n) is 0.746. The van der Waals surface area contributed by atoms with Gasteiger partial charge in [0.1, 0.15) is 0 Å². The van der Waals surface area contributed by atoms with Crippen LogP contribution < -0.4 is 0 Å². The van der Waals surface area contributed by atoms with Crippen LogP contribution in [0.1, 0.15) is 13.3 Å². The fraction of sp³-hybridized carbons (Fsp3) is 0.429. The Labute approximate surface area is 83.2 Å². The molecule has 0 saturated carbocycles. The molecule has 0 saturated heterocycles. The average Bonchev–Trinajstić information content (AvgIpc) is 2.44. The molecule has 0 bridgehead atoms. The summed E-state index contributed by atoms with van der Waals surface area (Å²) >= 11 is 0. The second-order valence-corrected chi connectivity index (χ2v) is 2.45. The summed E-state index contributed by atoms with van der Waals surface area (Å²) in [5, 5.41) is 0. The molecule has 11 heavy (non-hydrogen) atoms. The van der Waals surface area contributed by atoms with Gasteiger partial charge in [0.15, 0.2) is 0 Å². The van der Waals surface area contributed by atoms with Crippen LogP contribution in [0, 0.1) is 0 Å². The van der Waals surface area contributed by atoms with E-state index in [1.165, 1.54) is 20.6 Å². The Morgan fingerprint density at radius 3 is 2.00 bits per heavy atom. The third kappa shape index (κ3) is 13.2. The third-order valence-electron chi connectivity index (χ3n) is 1.36. The van der Waals surface area contributed by atoms with Crippen LogP contribution in [0.15, 0.2) is 24.3 Å². The number of rotatable bonds is 2. The van der Waals surface area contributed by atoms with Crippen LogP contribution in [0.2, 0.25) is 6.32 Å². The van der Waals surface area contributed by atoms with Gasteiger partial charge in [-0.1, -0.05) is 37.5 Å². The average molecular weight is 187 g/mol. The first-order valence-corrected chi connectivity index (χ1v) is 4.23. The molecule has 1 aliphatic rings. The molecule has 0 aliphatic heterocycles. The van der Waals surface area contributed by atoms with Gasteiger partial charge in [-0.3, -0.25) is 0 Å². The first-order valence-electron chi connectivity index (χ1n) is 4.23. The smallest absolute Gasteiger partial charge is 0.0776 e. The first-order chi connectivity index (χ1) is 4.91. The molecule has 0 aromatic carbocycles. The van der Waals surface area contributed by atoms with Crippen molar-refractivity contribution in [3.05, 3.63) is 24.3 Å². The van der Waals surface area contributed by atoms with Gasteiger partial charge in [0.2, 0.25) is 0 Å². The van der Waals surface area contributed by atoms with E-state index in [1.54, 1.807) is 0 Å². The number of allylic oxidation sites excluding steroid dienone is 4. The van der Waals surface area contributed by atoms with Crippen molar-refractivity contribution in [2.75, 3.05) is 0 Å². The predicted molar refractivity (Wildman–Crippen MR) is 56.2 cm³/mol. The Balaban J connectivity index is 0. The van der Waals surface area contributed by atoms with Crippen molar-refractivity contribution >= 4 is 22.0 Å². The Morgan fingerprint density at radius 2 is 1.91 bits per heavy atom. The van der Waals surface area contributed by atoms with Gasteiger partial charge in [-0.05, 0) is 6.42 Å². The van der Waals surface area contributed by atoms with Crippen molar-refractivity contribution in [3.63, 3.8) is 0 Å². The van der Waals surface area contributed by atoms with Crippen LogP contribution >= 0.6 is 0 Å². The molecule has 1 aliphatic carbocycles. The normalized spacial score (nSPS) is 11.0. The molecule has 0 unspecified atom stereocenters. The summed E-state index contributed by atoms with van der Waals surface area (Å²) in [6, 6.07) is 0. The van der Waals surface area contributed by atoms with Crippen molar-refractivity contribution in [3.8, 4) is 0 Å². The van der Waals surface area contributed by atoms with E-state index in [9.17, 15) is 0 Å². The zero-order valence-electron chi connectivity index (χ0n) is 7.52. The topological polar surface area (TPSA) is 0 Å². The summed E-state index contributed by atoms with van der Waals surface area (Å²) < 4.78 is 0. The molecule has 1 rings (SSSR count). The minimum absolute atomic E-state index is 0. The molecule has 1 radical (unpaired) electrons. The molecule has 0 amide bonds. The molecule has 0 spiro atoms. The second-order valence-electron chi connectivity index (χ2n) is 2.45. The minimum atomic E-state index is 0. The van der Waals surface area contributed by atoms with Crippen molar-refractivity contribution < 1.29 is 17.1 Å². The molecule has 0 aromatic heterocycles. The SMILES string of the molecule is BBBCC.C1=CCC=C1.[Mn]. The van der Waals surface area contributed by atoms with E-state index < -0.39 is 0 Å². The zero-order valence-corrected chi connectivity index (χ0v) is 8.70. The van der Waals surface area contributed by atoms with Gasteiger partial charge in [-0.2, -0.15) is 0 Å². The van der Waals surface area contributed by atoms with Gasteiger partial charge in [-0.15, -0.1) is 0 Å². The summed E-state index contributed by atoms with van der Waals surface area (Å²) in [6.45, 7) is 2.21. The maximum absolute atomic E-state index is 2.21. The van der Waals surface area contributed by atoms with E-state index >= 15 is 0 Å². The van der Waals surface area contributed by atoms with Gasteiger partial charge >= 0.3 is 0 Å². The molecule has 0 N–H and O–H groups in total. The second kappa shape index (κ2) is 12.8. The molecule has 59 valence electrons. The Morgan fingerprint density at radius 1 is 1.36 bits per heavy atom. The van der Waals surface area contributed by atoms with E-state index in [0.29, 0.717) is 0 Å². The van der Waals surface area contributed by atoms with Gasteiger partial charge < -0.3 is 0 Å². The summed E-state index contributed by atoms with van der Waals surface area (Å²) in [7, 11) is 4.94. The molecule has 0 heterocycles.